The van der Waals surface area contributed by atoms with Gasteiger partial charge < -0.3 is 10.0 Å². The van der Waals surface area contributed by atoms with E-state index in [9.17, 15) is 13.2 Å². The van der Waals surface area contributed by atoms with Crippen LogP contribution in [0.4, 0.5) is 0 Å². The van der Waals surface area contributed by atoms with E-state index in [0.29, 0.717) is 13.0 Å². The number of aliphatic hydroxyl groups is 1. The fraction of sp³-hybridized carbons (Fsp3) is 0.909. The Bertz CT molecular complexity index is 362. The lowest BCUT2D eigenvalue weighted by Gasteiger charge is -2.38. The van der Waals surface area contributed by atoms with Gasteiger partial charge in [-0.3, -0.25) is 4.79 Å². The molecule has 1 unspecified atom stereocenters. The van der Waals surface area contributed by atoms with Crippen molar-refractivity contribution >= 4 is 15.7 Å². The van der Waals surface area contributed by atoms with Gasteiger partial charge >= 0.3 is 0 Å². The number of hydrogen-bond donors (Lipinski definition) is 1. The van der Waals surface area contributed by atoms with Gasteiger partial charge in [0.25, 0.3) is 0 Å². The maximum absolute atomic E-state index is 12.1. The second-order valence-corrected chi connectivity index (χ2v) is 7.03. The highest BCUT2D eigenvalue weighted by atomic mass is 32.2. The number of nitrogens with zero attached hydrogens (tertiary/aromatic N) is 1. The molecule has 1 aliphatic carbocycles. The lowest BCUT2D eigenvalue weighted by atomic mass is 9.91. The highest BCUT2D eigenvalue weighted by Crippen LogP contribution is 2.26. The first kappa shape index (κ1) is 14.4. The fourth-order valence-electron chi connectivity index (χ4n) is 1.83. The van der Waals surface area contributed by atoms with Crippen LogP contribution in [0.1, 0.15) is 32.6 Å². The summed E-state index contributed by atoms with van der Waals surface area (Å²) in [5, 5.41) is 7.83. The van der Waals surface area contributed by atoms with Crippen LogP contribution in [0.2, 0.25) is 0 Å². The van der Waals surface area contributed by atoms with Crippen LogP contribution in [0.15, 0.2) is 0 Å². The maximum atomic E-state index is 12.1. The zero-order chi connectivity index (χ0) is 13.1. The molecule has 1 amide bonds. The van der Waals surface area contributed by atoms with E-state index in [0.717, 1.165) is 25.5 Å². The number of carbonyl (C=O) groups is 1. The molecule has 0 aromatic rings. The third-order valence-electron chi connectivity index (χ3n) is 3.35. The van der Waals surface area contributed by atoms with Crippen molar-refractivity contribution in [3.05, 3.63) is 0 Å². The lowest BCUT2D eigenvalue weighted by molar-refractivity contribution is -0.134. The highest BCUT2D eigenvalue weighted by molar-refractivity contribution is 7.92. The van der Waals surface area contributed by atoms with E-state index in [1.165, 1.54) is 6.92 Å². The van der Waals surface area contributed by atoms with E-state index in [-0.39, 0.29) is 18.6 Å². The van der Waals surface area contributed by atoms with Gasteiger partial charge in [-0.1, -0.05) is 0 Å². The van der Waals surface area contributed by atoms with Gasteiger partial charge in [0.05, 0.1) is 0 Å². The quantitative estimate of drug-likeness (QED) is 0.742. The maximum Gasteiger partial charge on any atom is 0.240 e. The molecule has 17 heavy (non-hydrogen) atoms. The molecule has 1 aliphatic rings. The molecular formula is C11H21NO4S. The first-order valence-electron chi connectivity index (χ1n) is 5.98. The van der Waals surface area contributed by atoms with Gasteiger partial charge in [0.1, 0.15) is 5.25 Å². The molecule has 1 N–H and O–H groups in total. The summed E-state index contributed by atoms with van der Waals surface area (Å²) in [5.41, 5.74) is 0. The zero-order valence-corrected chi connectivity index (χ0v) is 11.2. The molecule has 1 rings (SSSR count). The van der Waals surface area contributed by atoms with Crippen LogP contribution < -0.4 is 0 Å². The molecule has 0 aromatic carbocycles. The second kappa shape index (κ2) is 5.82. The average Bonchev–Trinajstić information content (AvgIpc) is 2.17. The van der Waals surface area contributed by atoms with E-state index >= 15 is 0 Å². The molecule has 1 fully saturated rings. The van der Waals surface area contributed by atoms with Crippen LogP contribution in [0, 0.1) is 0 Å². The Labute approximate surface area is 103 Å². The third kappa shape index (κ3) is 3.67. The molecule has 1 saturated carbocycles. The van der Waals surface area contributed by atoms with Crippen molar-refractivity contribution in [1.82, 2.24) is 4.90 Å². The number of sulfone groups is 1. The van der Waals surface area contributed by atoms with E-state index < -0.39 is 15.1 Å². The molecule has 0 aliphatic heterocycles. The van der Waals surface area contributed by atoms with Gasteiger partial charge in [0, 0.05) is 25.4 Å². The summed E-state index contributed by atoms with van der Waals surface area (Å²) < 4.78 is 22.8. The van der Waals surface area contributed by atoms with Crippen molar-refractivity contribution in [3.63, 3.8) is 0 Å². The van der Waals surface area contributed by atoms with Crippen LogP contribution >= 0.6 is 0 Å². The molecule has 0 aromatic heterocycles. The molecule has 0 bridgehead atoms. The van der Waals surface area contributed by atoms with Crippen molar-refractivity contribution in [3.8, 4) is 0 Å². The standard InChI is InChI=1S/C11H21NO4S/c1-9(17(2,15)16)11(14)12(7-4-8-13)10-5-3-6-10/h9-10,13H,3-8H2,1-2H3. The minimum absolute atomic E-state index is 0.0176. The molecule has 1 atom stereocenters. The van der Waals surface area contributed by atoms with E-state index in [4.69, 9.17) is 5.11 Å². The zero-order valence-electron chi connectivity index (χ0n) is 10.4. The van der Waals surface area contributed by atoms with Crippen LogP contribution in [-0.2, 0) is 14.6 Å². The van der Waals surface area contributed by atoms with Gasteiger partial charge in [-0.15, -0.1) is 0 Å². The number of aliphatic hydroxyl groups excluding tert-OH is 1. The third-order valence-corrected chi connectivity index (χ3v) is 4.83. The van der Waals surface area contributed by atoms with Gasteiger partial charge in [0.2, 0.25) is 5.91 Å². The monoisotopic (exact) mass is 263 g/mol. The van der Waals surface area contributed by atoms with Gasteiger partial charge in [-0.2, -0.15) is 0 Å². The van der Waals surface area contributed by atoms with E-state index in [1.807, 2.05) is 0 Å². The van der Waals surface area contributed by atoms with E-state index in [1.54, 1.807) is 4.90 Å². The topological polar surface area (TPSA) is 74.7 Å². The molecule has 6 heteroatoms. The van der Waals surface area contributed by atoms with Gasteiger partial charge in [-0.05, 0) is 32.6 Å². The Hall–Kier alpha value is -0.620. The van der Waals surface area contributed by atoms with E-state index in [2.05, 4.69) is 0 Å². The summed E-state index contributed by atoms with van der Waals surface area (Å²) in [6.45, 7) is 1.89. The Kier molecular flexibility index (Phi) is 4.94. The highest BCUT2D eigenvalue weighted by Gasteiger charge is 2.34. The SMILES string of the molecule is CC(C(=O)N(CCCO)C1CCC1)S(C)(=O)=O. The number of hydrogen-bond acceptors (Lipinski definition) is 4. The molecule has 5 nitrogen and oxygen atoms in total. The first-order valence-corrected chi connectivity index (χ1v) is 7.93. The number of rotatable bonds is 6. The summed E-state index contributed by atoms with van der Waals surface area (Å²) in [6, 6.07) is 0.165. The van der Waals surface area contributed by atoms with Crippen molar-refractivity contribution < 1.29 is 18.3 Å². The lowest BCUT2D eigenvalue weighted by Crippen LogP contribution is -2.50. The van der Waals surface area contributed by atoms with Crippen molar-refractivity contribution in [2.24, 2.45) is 0 Å². The Morgan fingerprint density at radius 3 is 2.41 bits per heavy atom. The van der Waals surface area contributed by atoms with Crippen LogP contribution in [0.25, 0.3) is 0 Å². The normalized spacial score (nSPS) is 18.5. The first-order chi connectivity index (χ1) is 7.88. The molecule has 0 spiro atoms. The largest absolute Gasteiger partial charge is 0.396 e. The number of amides is 1. The molecule has 0 heterocycles. The number of carbonyl (C=O) groups excluding carboxylic acids is 1. The minimum atomic E-state index is -3.34. The predicted octanol–water partition coefficient (Wildman–Crippen LogP) is 0.183. The minimum Gasteiger partial charge on any atom is -0.396 e. The summed E-state index contributed by atoms with van der Waals surface area (Å²) in [4.78, 5) is 13.7. The molecule has 100 valence electrons. The Morgan fingerprint density at radius 2 is 2.06 bits per heavy atom. The molecular weight excluding hydrogens is 242 g/mol. The van der Waals surface area contributed by atoms with Crippen LogP contribution in [0.3, 0.4) is 0 Å². The fourth-order valence-corrected chi connectivity index (χ4v) is 2.33. The summed E-state index contributed by atoms with van der Waals surface area (Å²) in [5.74, 6) is -0.328. The smallest absolute Gasteiger partial charge is 0.240 e. The van der Waals surface area contributed by atoms with Crippen LogP contribution in [-0.4, -0.2) is 55.0 Å². The van der Waals surface area contributed by atoms with Crippen molar-refractivity contribution in [2.75, 3.05) is 19.4 Å². The Morgan fingerprint density at radius 1 is 1.47 bits per heavy atom. The Balaban J connectivity index is 2.71. The van der Waals surface area contributed by atoms with Crippen molar-refractivity contribution in [1.29, 1.82) is 0 Å². The summed E-state index contributed by atoms with van der Waals surface area (Å²) in [6.07, 6.45) is 4.54. The summed E-state index contributed by atoms with van der Waals surface area (Å²) in [7, 11) is -3.34. The van der Waals surface area contributed by atoms with Gasteiger partial charge in [0.15, 0.2) is 9.84 Å². The average molecular weight is 263 g/mol. The predicted molar refractivity (Wildman–Crippen MR) is 65.4 cm³/mol. The molecule has 0 radical (unpaired) electrons. The summed E-state index contributed by atoms with van der Waals surface area (Å²) >= 11 is 0. The van der Waals surface area contributed by atoms with Gasteiger partial charge in [-0.25, -0.2) is 8.42 Å². The van der Waals surface area contributed by atoms with Crippen molar-refractivity contribution in [2.45, 2.75) is 43.9 Å². The second-order valence-electron chi connectivity index (χ2n) is 4.67. The molecule has 0 saturated heterocycles. The van der Waals surface area contributed by atoms with Crippen LogP contribution in [0.5, 0.6) is 0 Å².